The number of nitrogens with one attached hydrogen (secondary N) is 1. The summed E-state index contributed by atoms with van der Waals surface area (Å²) in [6, 6.07) is 10.2. The molecule has 6 rings (SSSR count). The second-order valence-corrected chi connectivity index (χ2v) is 10.8. The molecule has 1 fully saturated rings. The number of carbonyl (C=O) groups is 2. The first-order chi connectivity index (χ1) is 18.7. The molecule has 0 aliphatic carbocycles. The maximum atomic E-state index is 13.8. The average Bonchev–Trinajstić information content (AvgIpc) is 3.63. The summed E-state index contributed by atoms with van der Waals surface area (Å²) in [4.78, 5) is 36.7. The lowest BCUT2D eigenvalue weighted by molar-refractivity contribution is 0.0248. The van der Waals surface area contributed by atoms with Crippen molar-refractivity contribution in [2.45, 2.75) is 45.3 Å². The zero-order valence-corrected chi connectivity index (χ0v) is 21.9. The number of ether oxygens (including phenoxy) is 2. The molecule has 3 aromatic heterocycles. The molecule has 4 aromatic rings. The molecule has 1 N–H and O–H groups in total. The van der Waals surface area contributed by atoms with Crippen molar-refractivity contribution < 1.29 is 23.5 Å². The molecule has 1 atom stereocenters. The van der Waals surface area contributed by atoms with Crippen molar-refractivity contribution in [2.24, 2.45) is 0 Å². The Balaban J connectivity index is 1.39. The van der Waals surface area contributed by atoms with E-state index in [2.05, 4.69) is 15.3 Å². The summed E-state index contributed by atoms with van der Waals surface area (Å²) < 4.78 is 26.5. The van der Waals surface area contributed by atoms with Crippen molar-refractivity contribution in [1.29, 1.82) is 0 Å². The summed E-state index contributed by atoms with van der Waals surface area (Å²) in [6.07, 6.45) is 5.29. The molecule has 0 saturated carbocycles. The Morgan fingerprint density at radius 1 is 1.15 bits per heavy atom. The summed E-state index contributed by atoms with van der Waals surface area (Å²) in [5.41, 5.74) is 3.67. The highest BCUT2D eigenvalue weighted by Gasteiger charge is 2.39. The molecule has 5 heterocycles. The zero-order chi connectivity index (χ0) is 27.3. The van der Waals surface area contributed by atoms with E-state index >= 15 is 0 Å². The number of hydrogen-bond acceptors (Lipinski definition) is 7. The number of imidazole rings is 1. The minimum atomic E-state index is -0.766. The number of rotatable bonds is 4. The van der Waals surface area contributed by atoms with Crippen molar-refractivity contribution in [1.82, 2.24) is 19.3 Å². The van der Waals surface area contributed by atoms with Crippen molar-refractivity contribution in [3.8, 4) is 11.3 Å². The van der Waals surface area contributed by atoms with E-state index in [-0.39, 0.29) is 6.54 Å². The first kappa shape index (κ1) is 25.0. The third-order valence-electron chi connectivity index (χ3n) is 6.90. The van der Waals surface area contributed by atoms with Crippen molar-refractivity contribution in [3.63, 3.8) is 0 Å². The van der Waals surface area contributed by atoms with Crippen LogP contribution in [0.3, 0.4) is 0 Å². The van der Waals surface area contributed by atoms with Crippen LogP contribution in [-0.4, -0.2) is 50.1 Å². The van der Waals surface area contributed by atoms with Crippen LogP contribution < -0.4 is 5.32 Å². The van der Waals surface area contributed by atoms with Crippen LogP contribution in [0.15, 0.2) is 55.0 Å². The molecule has 10 heteroatoms. The molecule has 2 amide bonds. The number of carbonyl (C=O) groups excluding carboxylic acids is 2. The van der Waals surface area contributed by atoms with Crippen LogP contribution in [0.25, 0.3) is 16.9 Å². The lowest BCUT2D eigenvalue weighted by Gasteiger charge is -2.23. The Morgan fingerprint density at radius 3 is 2.72 bits per heavy atom. The molecule has 2 aliphatic rings. The van der Waals surface area contributed by atoms with Gasteiger partial charge in [0.15, 0.2) is 0 Å². The van der Waals surface area contributed by atoms with Gasteiger partial charge >= 0.3 is 6.09 Å². The van der Waals surface area contributed by atoms with Gasteiger partial charge in [-0.2, -0.15) is 0 Å². The van der Waals surface area contributed by atoms with Crippen molar-refractivity contribution in [2.75, 3.05) is 18.5 Å². The van der Waals surface area contributed by atoms with Crippen molar-refractivity contribution in [3.05, 3.63) is 77.5 Å². The maximum Gasteiger partial charge on any atom is 0.417 e. The van der Waals surface area contributed by atoms with Crippen LogP contribution in [-0.2, 0) is 16.0 Å². The number of anilines is 2. The van der Waals surface area contributed by atoms with Gasteiger partial charge in [0.1, 0.15) is 22.9 Å². The number of halogens is 1. The van der Waals surface area contributed by atoms with Gasteiger partial charge in [-0.15, -0.1) is 0 Å². The Kier molecular flexibility index (Phi) is 6.06. The van der Waals surface area contributed by atoms with Gasteiger partial charge in [-0.25, -0.2) is 24.1 Å². The molecule has 2 aliphatic heterocycles. The first-order valence-electron chi connectivity index (χ1n) is 12.8. The molecule has 39 heavy (non-hydrogen) atoms. The van der Waals surface area contributed by atoms with E-state index in [0.29, 0.717) is 52.1 Å². The van der Waals surface area contributed by atoms with Crippen LogP contribution in [0, 0.1) is 5.82 Å². The van der Waals surface area contributed by atoms with E-state index in [1.807, 2.05) is 24.4 Å². The average molecular weight is 530 g/mol. The van der Waals surface area contributed by atoms with E-state index in [9.17, 15) is 14.0 Å². The van der Waals surface area contributed by atoms with Gasteiger partial charge in [0, 0.05) is 36.5 Å². The fraction of sp³-hybridized carbons (Fsp3) is 0.310. The van der Waals surface area contributed by atoms with Gasteiger partial charge in [0.05, 0.1) is 36.3 Å². The fourth-order valence-corrected chi connectivity index (χ4v) is 5.04. The lowest BCUT2D eigenvalue weighted by Crippen LogP contribution is -2.37. The molecule has 0 spiro atoms. The quantitative estimate of drug-likeness (QED) is 0.364. The van der Waals surface area contributed by atoms with Gasteiger partial charge < -0.3 is 14.8 Å². The molecule has 1 saturated heterocycles. The second kappa shape index (κ2) is 9.46. The van der Waals surface area contributed by atoms with Crippen LogP contribution in [0.1, 0.15) is 54.6 Å². The predicted molar refractivity (Wildman–Crippen MR) is 142 cm³/mol. The molecule has 9 nitrogen and oxygen atoms in total. The minimum Gasteiger partial charge on any atom is -0.443 e. The highest BCUT2D eigenvalue weighted by Crippen LogP contribution is 2.39. The van der Waals surface area contributed by atoms with Gasteiger partial charge in [-0.1, -0.05) is 12.1 Å². The third kappa shape index (κ3) is 4.72. The minimum absolute atomic E-state index is 0.0242. The first-order valence-corrected chi connectivity index (χ1v) is 12.8. The van der Waals surface area contributed by atoms with Gasteiger partial charge in [-0.05, 0) is 56.5 Å². The molecule has 1 unspecified atom stereocenters. The second-order valence-electron chi connectivity index (χ2n) is 10.8. The number of benzene rings is 1. The highest BCUT2D eigenvalue weighted by molar-refractivity contribution is 6.11. The lowest BCUT2D eigenvalue weighted by atomic mass is 9.99. The predicted octanol–water partition coefficient (Wildman–Crippen LogP) is 5.67. The number of nitrogens with zero attached hydrogens (tertiary/aromatic N) is 4. The standard InChI is InChI=1S/C29H28FN5O4/c1-29(2,3)39-28(37)35-15-21-20(23-14-32-25-12-19(30)8-10-34(23)25)5-6-22(26(21)27(35)36)33-24-7-4-17(13-31-24)18-9-11-38-16-18/h4-8,10,12-14,18H,9,11,15-16H2,1-3H3,(H,31,33). The molecular formula is C29H28FN5O4. The van der Waals surface area contributed by atoms with Crippen LogP contribution in [0.5, 0.6) is 0 Å². The van der Waals surface area contributed by atoms with E-state index in [1.165, 1.54) is 12.1 Å². The van der Waals surface area contributed by atoms with E-state index < -0.39 is 23.4 Å². The van der Waals surface area contributed by atoms with Crippen LogP contribution in [0.2, 0.25) is 0 Å². The molecule has 0 radical (unpaired) electrons. The molecule has 1 aromatic carbocycles. The topological polar surface area (TPSA) is 98.1 Å². The fourth-order valence-electron chi connectivity index (χ4n) is 5.04. The number of pyridine rings is 2. The van der Waals surface area contributed by atoms with E-state index in [0.717, 1.165) is 23.5 Å². The van der Waals surface area contributed by atoms with Gasteiger partial charge in [0.25, 0.3) is 5.91 Å². The Bertz CT molecular complexity index is 1590. The number of amides is 2. The summed E-state index contributed by atoms with van der Waals surface area (Å²) in [5, 5.41) is 3.26. The largest absolute Gasteiger partial charge is 0.443 e. The molecule has 0 bridgehead atoms. The number of imide groups is 1. The summed E-state index contributed by atoms with van der Waals surface area (Å²) in [6.45, 7) is 6.72. The monoisotopic (exact) mass is 529 g/mol. The summed E-state index contributed by atoms with van der Waals surface area (Å²) in [5.74, 6) is 0.0391. The zero-order valence-electron chi connectivity index (χ0n) is 21.9. The van der Waals surface area contributed by atoms with Gasteiger partial charge in [0.2, 0.25) is 0 Å². The maximum absolute atomic E-state index is 13.8. The van der Waals surface area contributed by atoms with Crippen LogP contribution >= 0.6 is 0 Å². The number of hydrogen-bond donors (Lipinski definition) is 1. The molecule has 200 valence electrons. The highest BCUT2D eigenvalue weighted by atomic mass is 19.1. The Morgan fingerprint density at radius 2 is 2.00 bits per heavy atom. The van der Waals surface area contributed by atoms with Crippen molar-refractivity contribution >= 4 is 29.2 Å². The smallest absolute Gasteiger partial charge is 0.417 e. The third-order valence-corrected chi connectivity index (χ3v) is 6.90. The van der Waals surface area contributed by atoms with Gasteiger partial charge in [-0.3, -0.25) is 9.20 Å². The molecular weight excluding hydrogens is 501 g/mol. The normalized spacial score (nSPS) is 17.1. The summed E-state index contributed by atoms with van der Waals surface area (Å²) in [7, 11) is 0. The summed E-state index contributed by atoms with van der Waals surface area (Å²) >= 11 is 0. The van der Waals surface area contributed by atoms with E-state index in [1.54, 1.807) is 43.6 Å². The van der Waals surface area contributed by atoms with E-state index in [4.69, 9.17) is 9.47 Å². The SMILES string of the molecule is CC(C)(C)OC(=O)N1Cc2c(-c3cnc4cc(F)ccn34)ccc(Nc3ccc(C4CCOC4)cn3)c2C1=O. The number of fused-ring (bicyclic) bond motifs is 2. The Labute approximate surface area is 224 Å². The Hall–Kier alpha value is -4.31. The number of aromatic nitrogens is 3. The van der Waals surface area contributed by atoms with Crippen LogP contribution in [0.4, 0.5) is 20.7 Å².